The van der Waals surface area contributed by atoms with Gasteiger partial charge in [-0.15, -0.1) is 0 Å². The van der Waals surface area contributed by atoms with E-state index >= 15 is 0 Å². The van der Waals surface area contributed by atoms with E-state index in [1.54, 1.807) is 6.07 Å². The summed E-state index contributed by atoms with van der Waals surface area (Å²) in [5.41, 5.74) is 5.21. The van der Waals surface area contributed by atoms with E-state index in [1.807, 2.05) is 55.1 Å². The molecule has 6 heteroatoms. The summed E-state index contributed by atoms with van der Waals surface area (Å²) < 4.78 is 6.82. The fourth-order valence-corrected chi connectivity index (χ4v) is 3.66. The number of nitrogens with one attached hydrogen (secondary N) is 2. The molecule has 2 N–H and O–H groups in total. The van der Waals surface area contributed by atoms with Crippen LogP contribution in [0, 0.1) is 0 Å². The number of para-hydroxylation sites is 1. The molecule has 0 spiro atoms. The number of carbonyl (C=O) groups excluding carboxylic acids is 2. The monoisotopic (exact) mass is 363 g/mol. The van der Waals surface area contributed by atoms with Gasteiger partial charge < -0.3 is 19.9 Å². The van der Waals surface area contributed by atoms with Crippen molar-refractivity contribution in [1.82, 2.24) is 4.57 Å². The minimum Gasteiger partial charge on any atom is -0.465 e. The van der Waals surface area contributed by atoms with Gasteiger partial charge in [0.2, 0.25) is 5.91 Å². The number of nitrogens with zero attached hydrogens (tertiary/aromatic N) is 1. The van der Waals surface area contributed by atoms with Gasteiger partial charge in [-0.25, -0.2) is 4.79 Å². The van der Waals surface area contributed by atoms with Crippen molar-refractivity contribution >= 4 is 34.2 Å². The third-order valence-corrected chi connectivity index (χ3v) is 4.92. The number of rotatable bonds is 2. The van der Waals surface area contributed by atoms with Crippen LogP contribution in [-0.2, 0) is 16.6 Å². The van der Waals surface area contributed by atoms with E-state index in [4.69, 9.17) is 4.74 Å². The summed E-state index contributed by atoms with van der Waals surface area (Å²) in [6.45, 7) is 2.00. The maximum atomic E-state index is 12.1. The Morgan fingerprint density at radius 3 is 2.81 bits per heavy atom. The molecule has 3 aromatic rings. The molecule has 1 aliphatic rings. The second-order valence-electron chi connectivity index (χ2n) is 6.90. The molecule has 2 aromatic carbocycles. The van der Waals surface area contributed by atoms with E-state index in [9.17, 15) is 9.59 Å². The third kappa shape index (κ3) is 2.93. The van der Waals surface area contributed by atoms with E-state index < -0.39 is 0 Å². The third-order valence-electron chi connectivity index (χ3n) is 4.92. The maximum absolute atomic E-state index is 12.1. The summed E-state index contributed by atoms with van der Waals surface area (Å²) in [5, 5.41) is 7.48. The van der Waals surface area contributed by atoms with Crippen molar-refractivity contribution in [2.75, 3.05) is 17.7 Å². The van der Waals surface area contributed by atoms with E-state index in [1.165, 1.54) is 7.11 Å². The molecule has 0 aliphatic carbocycles. The highest BCUT2D eigenvalue weighted by Gasteiger charge is 2.22. The van der Waals surface area contributed by atoms with Gasteiger partial charge in [0.1, 0.15) is 0 Å². The summed E-state index contributed by atoms with van der Waals surface area (Å²) in [6, 6.07) is 11.5. The summed E-state index contributed by atoms with van der Waals surface area (Å²) in [5.74, 6) is -0.349. The van der Waals surface area contributed by atoms with Gasteiger partial charge in [0.25, 0.3) is 0 Å². The number of methoxy groups -OCH3 is 1. The molecule has 1 aromatic heterocycles. The molecule has 0 unspecified atom stereocenters. The molecule has 0 bridgehead atoms. The van der Waals surface area contributed by atoms with E-state index in [2.05, 4.69) is 10.6 Å². The Morgan fingerprint density at radius 2 is 2.04 bits per heavy atom. The van der Waals surface area contributed by atoms with Crippen LogP contribution in [0.15, 0.2) is 42.6 Å². The van der Waals surface area contributed by atoms with Crippen LogP contribution in [0.4, 0.5) is 11.4 Å². The zero-order chi connectivity index (χ0) is 19.1. The number of aromatic nitrogens is 1. The number of benzene rings is 2. The SMILES string of the molecule is COC(=O)c1ccc2c(-c3cccc4c3N[C@H](C)CC(=O)N4)cn(C)c2c1. The highest BCUT2D eigenvalue weighted by molar-refractivity contribution is 6.06. The molecule has 0 radical (unpaired) electrons. The van der Waals surface area contributed by atoms with Gasteiger partial charge in [0, 0.05) is 47.7 Å². The smallest absolute Gasteiger partial charge is 0.337 e. The van der Waals surface area contributed by atoms with Crippen LogP contribution in [0.5, 0.6) is 0 Å². The van der Waals surface area contributed by atoms with Gasteiger partial charge >= 0.3 is 5.97 Å². The molecule has 27 heavy (non-hydrogen) atoms. The van der Waals surface area contributed by atoms with Crippen LogP contribution in [0.25, 0.3) is 22.0 Å². The molecule has 1 amide bonds. The van der Waals surface area contributed by atoms with Crippen molar-refractivity contribution in [3.8, 4) is 11.1 Å². The standard InChI is InChI=1S/C21H21N3O3/c1-12-9-19(25)23-17-6-4-5-15(20(17)22-12)16-11-24(2)18-10-13(21(26)27-3)7-8-14(16)18/h4-8,10-12,22H,9H2,1-3H3,(H,23,25)/t12-/m1/s1. The Morgan fingerprint density at radius 1 is 1.22 bits per heavy atom. The van der Waals surface area contributed by atoms with Crippen molar-refractivity contribution in [3.05, 3.63) is 48.2 Å². The Balaban J connectivity index is 1.90. The normalized spacial score (nSPS) is 16.3. The molecule has 4 rings (SSSR count). The molecule has 0 saturated heterocycles. The number of carbonyl (C=O) groups is 2. The minimum atomic E-state index is -0.355. The number of aryl methyl sites for hydroxylation is 1. The summed E-state index contributed by atoms with van der Waals surface area (Å²) in [4.78, 5) is 23.9. The van der Waals surface area contributed by atoms with Gasteiger partial charge in [0.05, 0.1) is 24.0 Å². The highest BCUT2D eigenvalue weighted by atomic mass is 16.5. The van der Waals surface area contributed by atoms with Crippen LogP contribution in [0.3, 0.4) is 0 Å². The van der Waals surface area contributed by atoms with Crippen molar-refractivity contribution in [3.63, 3.8) is 0 Å². The lowest BCUT2D eigenvalue weighted by Crippen LogP contribution is -2.19. The number of hydrogen-bond donors (Lipinski definition) is 2. The zero-order valence-corrected chi connectivity index (χ0v) is 15.5. The summed E-state index contributed by atoms with van der Waals surface area (Å²) >= 11 is 0. The second kappa shape index (κ2) is 6.46. The average molecular weight is 363 g/mol. The first-order valence-corrected chi connectivity index (χ1v) is 8.85. The Hall–Kier alpha value is -3.28. The fourth-order valence-electron chi connectivity index (χ4n) is 3.66. The topological polar surface area (TPSA) is 72.4 Å². The number of hydrogen-bond acceptors (Lipinski definition) is 4. The summed E-state index contributed by atoms with van der Waals surface area (Å²) in [7, 11) is 3.33. The predicted octanol–water partition coefficient (Wildman–Crippen LogP) is 3.77. The molecule has 0 saturated carbocycles. The van der Waals surface area contributed by atoms with Gasteiger partial charge in [-0.1, -0.05) is 18.2 Å². The van der Waals surface area contributed by atoms with Gasteiger partial charge in [-0.2, -0.15) is 0 Å². The molecule has 138 valence electrons. The van der Waals surface area contributed by atoms with Gasteiger partial charge in [-0.05, 0) is 25.1 Å². The fraction of sp³-hybridized carbons (Fsp3) is 0.238. The number of anilines is 2. The van der Waals surface area contributed by atoms with Crippen LogP contribution >= 0.6 is 0 Å². The van der Waals surface area contributed by atoms with Gasteiger partial charge in [-0.3, -0.25) is 4.79 Å². The first-order chi connectivity index (χ1) is 13.0. The maximum Gasteiger partial charge on any atom is 0.337 e. The number of esters is 1. The minimum absolute atomic E-state index is 0.00606. The zero-order valence-electron chi connectivity index (χ0n) is 15.5. The van der Waals surface area contributed by atoms with Crippen molar-refractivity contribution in [1.29, 1.82) is 0 Å². The van der Waals surface area contributed by atoms with Crippen LogP contribution < -0.4 is 10.6 Å². The molecule has 2 heterocycles. The van der Waals surface area contributed by atoms with Crippen LogP contribution in [0.2, 0.25) is 0 Å². The Bertz CT molecular complexity index is 1070. The number of amides is 1. The quantitative estimate of drug-likeness (QED) is 0.680. The molecular weight excluding hydrogens is 342 g/mol. The van der Waals surface area contributed by atoms with E-state index in [-0.39, 0.29) is 17.9 Å². The van der Waals surface area contributed by atoms with Crippen LogP contribution in [-0.4, -0.2) is 29.6 Å². The van der Waals surface area contributed by atoms with Crippen LogP contribution in [0.1, 0.15) is 23.7 Å². The first-order valence-electron chi connectivity index (χ1n) is 8.85. The number of fused-ring (bicyclic) bond motifs is 2. The second-order valence-corrected chi connectivity index (χ2v) is 6.90. The lowest BCUT2D eigenvalue weighted by Gasteiger charge is -2.16. The Kier molecular flexibility index (Phi) is 4.11. The largest absolute Gasteiger partial charge is 0.465 e. The molecular formula is C21H21N3O3. The van der Waals surface area contributed by atoms with Gasteiger partial charge in [0.15, 0.2) is 0 Å². The van der Waals surface area contributed by atoms with Crippen molar-refractivity contribution < 1.29 is 14.3 Å². The Labute approximate surface area is 157 Å². The van der Waals surface area contributed by atoms with Crippen molar-refractivity contribution in [2.24, 2.45) is 7.05 Å². The average Bonchev–Trinajstić information content (AvgIpc) is 2.89. The van der Waals surface area contributed by atoms with Crippen molar-refractivity contribution in [2.45, 2.75) is 19.4 Å². The van der Waals surface area contributed by atoms with E-state index in [0.29, 0.717) is 12.0 Å². The first kappa shape index (κ1) is 17.1. The van der Waals surface area contributed by atoms with E-state index in [0.717, 1.165) is 33.4 Å². The number of ether oxygens (including phenoxy) is 1. The summed E-state index contributed by atoms with van der Waals surface area (Å²) in [6.07, 6.45) is 2.46. The lowest BCUT2D eigenvalue weighted by atomic mass is 10.0. The molecule has 6 nitrogen and oxygen atoms in total. The molecule has 1 aliphatic heterocycles. The molecule has 1 atom stereocenters. The predicted molar refractivity (Wildman–Crippen MR) is 106 cm³/mol. The highest BCUT2D eigenvalue weighted by Crippen LogP contribution is 2.40. The lowest BCUT2D eigenvalue weighted by molar-refractivity contribution is -0.116. The molecule has 0 fully saturated rings.